The van der Waals surface area contributed by atoms with E-state index in [9.17, 15) is 13.6 Å². The Morgan fingerprint density at radius 3 is 2.91 bits per heavy atom. The van der Waals surface area contributed by atoms with E-state index >= 15 is 0 Å². The fraction of sp³-hybridized carbons (Fsp3) is 0.286. The van der Waals surface area contributed by atoms with Gasteiger partial charge in [0, 0.05) is 29.9 Å². The van der Waals surface area contributed by atoms with Crippen LogP contribution in [0.1, 0.15) is 36.3 Å². The molecule has 170 valence electrons. The monoisotopic (exact) mass is 471 g/mol. The summed E-state index contributed by atoms with van der Waals surface area (Å²) in [6.45, 7) is 2.55. The Labute approximate surface area is 190 Å². The van der Waals surface area contributed by atoms with Crippen molar-refractivity contribution < 1.29 is 18.3 Å². The summed E-state index contributed by atoms with van der Waals surface area (Å²) >= 11 is 1.29. The van der Waals surface area contributed by atoms with E-state index in [-0.39, 0.29) is 34.9 Å². The molecule has 0 atom stereocenters. The van der Waals surface area contributed by atoms with Gasteiger partial charge >= 0.3 is 0 Å². The third-order valence-electron chi connectivity index (χ3n) is 5.34. The number of hydrogen-bond donors (Lipinski definition) is 2. The summed E-state index contributed by atoms with van der Waals surface area (Å²) in [4.78, 5) is 20.9. The molecule has 9 nitrogen and oxygen atoms in total. The number of H-pyrrole nitrogens is 1. The third kappa shape index (κ3) is 4.26. The van der Waals surface area contributed by atoms with Gasteiger partial charge in [0.1, 0.15) is 22.1 Å². The maximum Gasteiger partial charge on any atom is 0.275 e. The smallest absolute Gasteiger partial charge is 0.275 e. The van der Waals surface area contributed by atoms with Crippen molar-refractivity contribution in [2.45, 2.75) is 31.9 Å². The second-order valence-electron chi connectivity index (χ2n) is 7.52. The summed E-state index contributed by atoms with van der Waals surface area (Å²) in [5.41, 5.74) is 0.928. The first-order valence-electron chi connectivity index (χ1n) is 10.3. The van der Waals surface area contributed by atoms with Gasteiger partial charge in [-0.05, 0) is 31.9 Å². The van der Waals surface area contributed by atoms with E-state index in [1.165, 1.54) is 11.3 Å². The predicted molar refractivity (Wildman–Crippen MR) is 117 cm³/mol. The van der Waals surface area contributed by atoms with Gasteiger partial charge in [-0.2, -0.15) is 14.6 Å². The molecule has 33 heavy (non-hydrogen) atoms. The van der Waals surface area contributed by atoms with Crippen LogP contribution in [-0.2, 0) is 4.74 Å². The molecule has 0 radical (unpaired) electrons. The maximum atomic E-state index is 14.5. The van der Waals surface area contributed by atoms with E-state index in [4.69, 9.17) is 4.74 Å². The summed E-state index contributed by atoms with van der Waals surface area (Å²) in [6.07, 6.45) is 6.49. The van der Waals surface area contributed by atoms with Crippen molar-refractivity contribution in [3.63, 3.8) is 0 Å². The number of thiazole rings is 1. The molecule has 5 rings (SSSR count). The number of pyridine rings is 1. The highest BCUT2D eigenvalue weighted by Crippen LogP contribution is 2.37. The Morgan fingerprint density at radius 2 is 2.15 bits per heavy atom. The van der Waals surface area contributed by atoms with Gasteiger partial charge in [0.2, 0.25) is 5.95 Å². The fourth-order valence-corrected chi connectivity index (χ4v) is 4.40. The SMILES string of the molecule is CCOC1CC(n2cc(NC(=O)c3csc(-c4cn[nH]c4)n3)c(-c3nc(F)ccc3F)n2)C1. The van der Waals surface area contributed by atoms with Crippen LogP contribution < -0.4 is 5.32 Å². The van der Waals surface area contributed by atoms with E-state index in [0.29, 0.717) is 11.6 Å². The topological polar surface area (TPSA) is 111 Å². The van der Waals surface area contributed by atoms with Crippen molar-refractivity contribution in [2.24, 2.45) is 0 Å². The summed E-state index contributed by atoms with van der Waals surface area (Å²) < 4.78 is 35.5. The van der Waals surface area contributed by atoms with Crippen LogP contribution in [0.25, 0.3) is 22.0 Å². The molecule has 0 bridgehead atoms. The number of aromatic nitrogens is 6. The van der Waals surface area contributed by atoms with Gasteiger partial charge in [-0.1, -0.05) is 0 Å². The predicted octanol–water partition coefficient (Wildman–Crippen LogP) is 4.06. The van der Waals surface area contributed by atoms with Crippen LogP contribution in [0.2, 0.25) is 0 Å². The third-order valence-corrected chi connectivity index (χ3v) is 6.24. The van der Waals surface area contributed by atoms with Crippen molar-refractivity contribution in [2.75, 3.05) is 11.9 Å². The largest absolute Gasteiger partial charge is 0.378 e. The van der Waals surface area contributed by atoms with Gasteiger partial charge in [-0.25, -0.2) is 14.4 Å². The minimum absolute atomic E-state index is 0.0227. The number of anilines is 1. The van der Waals surface area contributed by atoms with Gasteiger partial charge < -0.3 is 10.1 Å². The number of aromatic amines is 1. The zero-order valence-corrected chi connectivity index (χ0v) is 18.3. The summed E-state index contributed by atoms with van der Waals surface area (Å²) in [5, 5.41) is 16.0. The number of rotatable bonds is 7. The minimum atomic E-state index is -0.845. The zero-order chi connectivity index (χ0) is 22.9. The van der Waals surface area contributed by atoms with E-state index in [2.05, 4.69) is 30.6 Å². The maximum absolute atomic E-state index is 14.5. The highest BCUT2D eigenvalue weighted by molar-refractivity contribution is 7.13. The number of nitrogens with one attached hydrogen (secondary N) is 2. The number of carbonyl (C=O) groups is 1. The van der Waals surface area contributed by atoms with Crippen molar-refractivity contribution in [3.05, 3.63) is 53.6 Å². The van der Waals surface area contributed by atoms with E-state index in [1.54, 1.807) is 28.7 Å². The molecular formula is C21H19F2N7O2S. The summed E-state index contributed by atoms with van der Waals surface area (Å²) in [7, 11) is 0. The first-order chi connectivity index (χ1) is 16.0. The highest BCUT2D eigenvalue weighted by atomic mass is 32.1. The van der Waals surface area contributed by atoms with Crippen LogP contribution in [0.3, 0.4) is 0 Å². The van der Waals surface area contributed by atoms with Crippen LogP contribution in [0.5, 0.6) is 0 Å². The van der Waals surface area contributed by atoms with Crippen LogP contribution in [-0.4, -0.2) is 48.6 Å². The second kappa shape index (κ2) is 8.79. The minimum Gasteiger partial charge on any atom is -0.378 e. The van der Waals surface area contributed by atoms with Crippen LogP contribution in [0, 0.1) is 11.8 Å². The molecule has 1 amide bonds. The molecule has 0 aromatic carbocycles. The number of amides is 1. The molecule has 4 aromatic rings. The molecule has 1 saturated carbocycles. The second-order valence-corrected chi connectivity index (χ2v) is 8.38. The Kier molecular flexibility index (Phi) is 5.68. The average molecular weight is 471 g/mol. The molecular weight excluding hydrogens is 452 g/mol. The molecule has 12 heteroatoms. The number of hydrogen-bond acceptors (Lipinski definition) is 7. The number of nitrogens with zero attached hydrogens (tertiary/aromatic N) is 5. The Hall–Kier alpha value is -3.51. The van der Waals surface area contributed by atoms with Gasteiger partial charge in [-0.15, -0.1) is 11.3 Å². The number of ether oxygens (including phenoxy) is 1. The zero-order valence-electron chi connectivity index (χ0n) is 17.5. The van der Waals surface area contributed by atoms with Crippen molar-refractivity contribution in [1.82, 2.24) is 29.9 Å². The van der Waals surface area contributed by atoms with Gasteiger partial charge in [-0.3, -0.25) is 14.6 Å². The van der Waals surface area contributed by atoms with Gasteiger partial charge in [0.05, 0.1) is 24.0 Å². The molecule has 4 heterocycles. The Bertz CT molecular complexity index is 1280. The average Bonchev–Trinajstić information content (AvgIpc) is 3.52. The lowest BCUT2D eigenvalue weighted by molar-refractivity contribution is -0.0226. The quantitative estimate of drug-likeness (QED) is 0.393. The number of halogens is 2. The molecule has 1 fully saturated rings. The fourth-order valence-electron chi connectivity index (χ4n) is 3.62. The Balaban J connectivity index is 1.44. The van der Waals surface area contributed by atoms with Crippen LogP contribution >= 0.6 is 11.3 Å². The van der Waals surface area contributed by atoms with Crippen LogP contribution in [0.15, 0.2) is 36.1 Å². The first kappa shape index (κ1) is 21.3. The van der Waals surface area contributed by atoms with Crippen molar-refractivity contribution >= 4 is 22.9 Å². The highest BCUT2D eigenvalue weighted by Gasteiger charge is 2.33. The molecule has 0 unspecified atom stereocenters. The van der Waals surface area contributed by atoms with Gasteiger partial charge in [0.25, 0.3) is 5.91 Å². The van der Waals surface area contributed by atoms with Crippen molar-refractivity contribution in [1.29, 1.82) is 0 Å². The number of carbonyl (C=O) groups excluding carboxylic acids is 1. The molecule has 1 aliphatic rings. The molecule has 0 spiro atoms. The van der Waals surface area contributed by atoms with E-state index in [1.807, 2.05) is 6.92 Å². The molecule has 0 saturated heterocycles. The molecule has 0 aliphatic heterocycles. The normalized spacial score (nSPS) is 17.7. The lowest BCUT2D eigenvalue weighted by Crippen LogP contribution is -2.33. The summed E-state index contributed by atoms with van der Waals surface area (Å²) in [6, 6.07) is 1.93. The summed E-state index contributed by atoms with van der Waals surface area (Å²) in [5.74, 6) is -2.09. The molecule has 2 N–H and O–H groups in total. The van der Waals surface area contributed by atoms with Crippen molar-refractivity contribution in [3.8, 4) is 22.0 Å². The lowest BCUT2D eigenvalue weighted by atomic mass is 9.89. The molecule has 1 aliphatic carbocycles. The lowest BCUT2D eigenvalue weighted by Gasteiger charge is -2.34. The standard InChI is InChI=1S/C21H19F2N7O2S/c1-2-32-13-5-12(6-13)30-9-15(19(29-30)18-14(22)3-4-17(23)28-18)26-20(31)16-10-33-21(27-16)11-7-24-25-8-11/h3-4,7-10,12-13H,2,5-6H2,1H3,(H,24,25)(H,26,31). The molecule has 4 aromatic heterocycles. The van der Waals surface area contributed by atoms with Crippen LogP contribution in [0.4, 0.5) is 14.5 Å². The van der Waals surface area contributed by atoms with E-state index in [0.717, 1.165) is 30.5 Å². The van der Waals surface area contributed by atoms with Gasteiger partial charge in [0.15, 0.2) is 5.82 Å². The first-order valence-corrected chi connectivity index (χ1v) is 11.2. The van der Waals surface area contributed by atoms with E-state index < -0.39 is 17.7 Å². The Morgan fingerprint density at radius 1 is 1.30 bits per heavy atom.